The van der Waals surface area contributed by atoms with Crippen LogP contribution in [-0.2, 0) is 9.59 Å². The lowest BCUT2D eigenvalue weighted by Gasteiger charge is -2.24. The number of benzene rings is 2. The molecule has 168 valence electrons. The van der Waals surface area contributed by atoms with E-state index in [1.54, 1.807) is 31.2 Å². The van der Waals surface area contributed by atoms with Crippen molar-refractivity contribution in [1.82, 2.24) is 4.98 Å². The fraction of sp³-hybridized carbons (Fsp3) is 0.125. The Hall–Kier alpha value is -3.78. The lowest BCUT2D eigenvalue weighted by Crippen LogP contribution is -2.30. The second-order valence-corrected chi connectivity index (χ2v) is 7.50. The number of rotatable bonds is 5. The molecule has 9 heteroatoms. The first-order valence-corrected chi connectivity index (χ1v) is 10.3. The number of amides is 1. The molecular weight excluding hydrogens is 454 g/mol. The van der Waals surface area contributed by atoms with E-state index in [0.717, 1.165) is 17.0 Å². The van der Waals surface area contributed by atoms with Crippen LogP contribution in [0.4, 0.5) is 14.5 Å². The Kier molecular flexibility index (Phi) is 6.11. The van der Waals surface area contributed by atoms with E-state index in [1.807, 2.05) is 0 Å². The number of ketones is 1. The molecule has 6 nitrogen and oxygen atoms in total. The summed E-state index contributed by atoms with van der Waals surface area (Å²) in [4.78, 5) is 31.3. The molecule has 1 unspecified atom stereocenters. The first kappa shape index (κ1) is 22.4. The van der Waals surface area contributed by atoms with Crippen LogP contribution in [0.15, 0.2) is 66.4 Å². The summed E-state index contributed by atoms with van der Waals surface area (Å²) >= 11 is 6.27. The minimum atomic E-state index is -1.21. The van der Waals surface area contributed by atoms with Gasteiger partial charge in [0, 0.05) is 23.5 Å². The average molecular weight is 471 g/mol. The van der Waals surface area contributed by atoms with Crippen molar-refractivity contribution in [2.75, 3.05) is 11.5 Å². The quantitative estimate of drug-likeness (QED) is 0.321. The smallest absolute Gasteiger partial charge is 0.300 e. The minimum absolute atomic E-state index is 0.0696. The Bertz CT molecular complexity index is 1280. The molecule has 1 atom stereocenters. The Morgan fingerprint density at radius 1 is 1.12 bits per heavy atom. The van der Waals surface area contributed by atoms with E-state index >= 15 is 0 Å². The summed E-state index contributed by atoms with van der Waals surface area (Å²) < 4.78 is 32.9. The number of aromatic nitrogens is 1. The van der Waals surface area contributed by atoms with Gasteiger partial charge in [0.05, 0.1) is 22.9 Å². The Labute approximate surface area is 192 Å². The third-order valence-electron chi connectivity index (χ3n) is 5.10. The van der Waals surface area contributed by atoms with Gasteiger partial charge in [-0.05, 0) is 49.4 Å². The molecule has 1 saturated heterocycles. The maximum Gasteiger partial charge on any atom is 0.300 e. The molecule has 0 aliphatic carbocycles. The van der Waals surface area contributed by atoms with Crippen molar-refractivity contribution in [3.8, 4) is 5.75 Å². The molecule has 4 rings (SSSR count). The normalized spacial score (nSPS) is 17.5. The third-order valence-corrected chi connectivity index (χ3v) is 5.43. The molecule has 2 heterocycles. The van der Waals surface area contributed by atoms with Gasteiger partial charge in [0.2, 0.25) is 0 Å². The molecule has 2 aromatic carbocycles. The lowest BCUT2D eigenvalue weighted by molar-refractivity contribution is -0.132. The highest BCUT2D eigenvalue weighted by Crippen LogP contribution is 2.43. The number of ether oxygens (including phenoxy) is 1. The number of hydrogen-bond acceptors (Lipinski definition) is 5. The van der Waals surface area contributed by atoms with Gasteiger partial charge in [-0.3, -0.25) is 19.5 Å². The van der Waals surface area contributed by atoms with Crippen LogP contribution in [0.25, 0.3) is 5.76 Å². The maximum atomic E-state index is 14.0. The minimum Gasteiger partial charge on any atom is -0.507 e. The summed E-state index contributed by atoms with van der Waals surface area (Å²) in [6.07, 6.45) is 1.45. The van der Waals surface area contributed by atoms with Crippen LogP contribution in [0, 0.1) is 11.6 Å². The number of halogens is 3. The zero-order valence-corrected chi connectivity index (χ0v) is 18.0. The van der Waals surface area contributed by atoms with E-state index in [0.29, 0.717) is 12.4 Å². The Morgan fingerprint density at radius 3 is 2.58 bits per heavy atom. The van der Waals surface area contributed by atoms with Gasteiger partial charge in [-0.2, -0.15) is 0 Å². The van der Waals surface area contributed by atoms with Crippen molar-refractivity contribution in [2.24, 2.45) is 0 Å². The monoisotopic (exact) mass is 470 g/mol. The lowest BCUT2D eigenvalue weighted by atomic mass is 9.98. The highest BCUT2D eigenvalue weighted by Gasteiger charge is 2.48. The van der Waals surface area contributed by atoms with Gasteiger partial charge in [0.25, 0.3) is 11.7 Å². The van der Waals surface area contributed by atoms with Crippen LogP contribution in [0.1, 0.15) is 24.2 Å². The molecule has 0 bridgehead atoms. The van der Waals surface area contributed by atoms with Gasteiger partial charge in [-0.25, -0.2) is 8.78 Å². The van der Waals surface area contributed by atoms with Gasteiger partial charge in [-0.15, -0.1) is 0 Å². The number of hydrogen-bond donors (Lipinski definition) is 1. The predicted octanol–water partition coefficient (Wildman–Crippen LogP) is 5.04. The van der Waals surface area contributed by atoms with Gasteiger partial charge in [0.15, 0.2) is 11.6 Å². The molecule has 33 heavy (non-hydrogen) atoms. The summed E-state index contributed by atoms with van der Waals surface area (Å²) in [5.74, 6) is -4.50. The van der Waals surface area contributed by atoms with E-state index in [1.165, 1.54) is 24.4 Å². The van der Waals surface area contributed by atoms with Gasteiger partial charge >= 0.3 is 0 Å². The second kappa shape index (κ2) is 8.99. The molecule has 1 amide bonds. The van der Waals surface area contributed by atoms with Crippen LogP contribution >= 0.6 is 11.6 Å². The number of pyridine rings is 1. The molecule has 0 spiro atoms. The summed E-state index contributed by atoms with van der Waals surface area (Å²) in [5, 5.41) is 11.3. The predicted molar refractivity (Wildman–Crippen MR) is 118 cm³/mol. The largest absolute Gasteiger partial charge is 0.507 e. The zero-order chi connectivity index (χ0) is 23.7. The van der Waals surface area contributed by atoms with Crippen LogP contribution in [0.2, 0.25) is 5.02 Å². The number of carbonyl (C=O) groups is 2. The molecule has 1 fully saturated rings. The summed E-state index contributed by atoms with van der Waals surface area (Å²) in [7, 11) is 0. The summed E-state index contributed by atoms with van der Waals surface area (Å²) in [6, 6.07) is 11.0. The molecule has 1 aromatic heterocycles. The number of aliphatic hydroxyl groups excluding tert-OH is 1. The average Bonchev–Trinajstić information content (AvgIpc) is 3.08. The number of Topliss-reactive ketones (excluding diaryl/α,β-unsaturated/α-hetero) is 1. The van der Waals surface area contributed by atoms with E-state index in [2.05, 4.69) is 4.98 Å². The third kappa shape index (κ3) is 4.05. The van der Waals surface area contributed by atoms with E-state index in [9.17, 15) is 23.5 Å². The highest BCUT2D eigenvalue weighted by atomic mass is 35.5. The molecule has 0 radical (unpaired) electrons. The van der Waals surface area contributed by atoms with Crippen LogP contribution < -0.4 is 9.64 Å². The molecule has 1 aliphatic heterocycles. The van der Waals surface area contributed by atoms with Crippen LogP contribution in [-0.4, -0.2) is 28.4 Å². The summed E-state index contributed by atoms with van der Waals surface area (Å²) in [5.41, 5.74) is -0.0502. The van der Waals surface area contributed by atoms with Crippen LogP contribution in [0.5, 0.6) is 5.75 Å². The van der Waals surface area contributed by atoms with E-state index in [-0.39, 0.29) is 27.5 Å². The fourth-order valence-electron chi connectivity index (χ4n) is 3.64. The number of carbonyl (C=O) groups excluding carboxylic acids is 2. The van der Waals surface area contributed by atoms with Crippen molar-refractivity contribution in [1.29, 1.82) is 0 Å². The van der Waals surface area contributed by atoms with Crippen LogP contribution in [0.3, 0.4) is 0 Å². The zero-order valence-electron chi connectivity index (χ0n) is 17.3. The number of aliphatic hydroxyl groups is 1. The molecule has 1 N–H and O–H groups in total. The van der Waals surface area contributed by atoms with Crippen molar-refractivity contribution in [2.45, 2.75) is 13.0 Å². The van der Waals surface area contributed by atoms with Crippen molar-refractivity contribution in [3.05, 3.63) is 94.3 Å². The van der Waals surface area contributed by atoms with Gasteiger partial charge < -0.3 is 9.84 Å². The Morgan fingerprint density at radius 2 is 1.91 bits per heavy atom. The maximum absolute atomic E-state index is 14.0. The topological polar surface area (TPSA) is 79.7 Å². The highest BCUT2D eigenvalue weighted by molar-refractivity contribution is 6.52. The molecule has 1 aliphatic rings. The van der Waals surface area contributed by atoms with E-state index in [4.69, 9.17) is 16.3 Å². The first-order chi connectivity index (χ1) is 15.8. The van der Waals surface area contributed by atoms with Crippen molar-refractivity contribution >= 4 is 34.7 Å². The number of anilines is 1. The van der Waals surface area contributed by atoms with Crippen molar-refractivity contribution in [3.63, 3.8) is 0 Å². The van der Waals surface area contributed by atoms with E-state index < -0.39 is 35.1 Å². The van der Waals surface area contributed by atoms with Gasteiger partial charge in [0.1, 0.15) is 17.6 Å². The van der Waals surface area contributed by atoms with Gasteiger partial charge in [-0.1, -0.05) is 17.7 Å². The second-order valence-electron chi connectivity index (χ2n) is 7.10. The standard InChI is InChI=1S/C24H17ClF2N2O4/c1-2-33-14-7-8-16(25)15(12-14)22(30)20-21(19-5-3-4-10-28-19)29(24(32)23(20)31)13-6-9-17(26)18(27)11-13/h3-12,21,30H,2H2,1H3/b22-20+. The summed E-state index contributed by atoms with van der Waals surface area (Å²) in [6.45, 7) is 2.14. The SMILES string of the molecule is CCOc1ccc(Cl)c(/C(O)=C2\C(=O)C(=O)N(c3ccc(F)c(F)c3)C2c2ccccn2)c1. The Balaban J connectivity index is 1.95. The molecule has 0 saturated carbocycles. The molecule has 3 aromatic rings. The fourth-order valence-corrected chi connectivity index (χ4v) is 3.85. The molecular formula is C24H17ClF2N2O4. The number of nitrogens with zero attached hydrogens (tertiary/aromatic N) is 2. The van der Waals surface area contributed by atoms with Crippen molar-refractivity contribution < 1.29 is 28.2 Å². The first-order valence-electron chi connectivity index (χ1n) is 9.93.